The van der Waals surface area contributed by atoms with Crippen molar-refractivity contribution in [1.82, 2.24) is 9.29 Å². The largest absolute Gasteiger partial charge is 0.444 e. The van der Waals surface area contributed by atoms with Crippen molar-refractivity contribution in [3.8, 4) is 11.5 Å². The highest BCUT2D eigenvalue weighted by Crippen LogP contribution is 2.27. The van der Waals surface area contributed by atoms with Crippen LogP contribution in [0.2, 0.25) is 5.02 Å². The second kappa shape index (κ2) is 11.0. The van der Waals surface area contributed by atoms with Crippen molar-refractivity contribution in [1.29, 1.82) is 0 Å². The zero-order valence-corrected chi connectivity index (χ0v) is 20.1. The van der Waals surface area contributed by atoms with E-state index in [2.05, 4.69) is 10.3 Å². The van der Waals surface area contributed by atoms with E-state index in [0.29, 0.717) is 24.7 Å². The maximum atomic E-state index is 12.7. The standard InChI is InChI=1S/C22H24ClN3O4S2/c1-3-26(4-2)32(28,29)18-10-11-19(23)20(12-18)25-21(27)15-31-14-17-13-30-22(24-17)16-8-6-5-7-9-16/h5-13H,3-4,14-15H2,1-2H3,(H,25,27). The highest BCUT2D eigenvalue weighted by atomic mass is 35.5. The third kappa shape index (κ3) is 5.92. The van der Waals surface area contributed by atoms with Crippen molar-refractivity contribution in [2.75, 3.05) is 24.2 Å². The molecule has 1 N–H and O–H groups in total. The highest BCUT2D eigenvalue weighted by molar-refractivity contribution is 7.99. The summed E-state index contributed by atoms with van der Waals surface area (Å²) >= 11 is 7.54. The van der Waals surface area contributed by atoms with Crippen molar-refractivity contribution in [3.05, 3.63) is 65.5 Å². The maximum absolute atomic E-state index is 12.7. The zero-order chi connectivity index (χ0) is 23.1. The molecule has 1 aromatic heterocycles. The van der Waals surface area contributed by atoms with Crippen LogP contribution in [0.25, 0.3) is 11.5 Å². The number of nitrogens with zero attached hydrogens (tertiary/aromatic N) is 2. The van der Waals surface area contributed by atoms with E-state index in [1.54, 1.807) is 20.1 Å². The van der Waals surface area contributed by atoms with E-state index in [1.165, 1.54) is 34.3 Å². The van der Waals surface area contributed by atoms with Crippen LogP contribution in [0, 0.1) is 0 Å². The van der Waals surface area contributed by atoms with Gasteiger partial charge < -0.3 is 9.73 Å². The van der Waals surface area contributed by atoms with Gasteiger partial charge >= 0.3 is 0 Å². The Hall–Kier alpha value is -2.33. The number of anilines is 1. The van der Waals surface area contributed by atoms with Gasteiger partial charge in [-0.05, 0) is 30.3 Å². The van der Waals surface area contributed by atoms with Gasteiger partial charge in [0.25, 0.3) is 0 Å². The first kappa shape index (κ1) is 24.3. The summed E-state index contributed by atoms with van der Waals surface area (Å²) in [6.45, 7) is 4.25. The van der Waals surface area contributed by atoms with E-state index >= 15 is 0 Å². The summed E-state index contributed by atoms with van der Waals surface area (Å²) in [6, 6.07) is 13.9. The van der Waals surface area contributed by atoms with E-state index in [4.69, 9.17) is 16.0 Å². The van der Waals surface area contributed by atoms with Gasteiger partial charge in [-0.3, -0.25) is 4.79 Å². The molecule has 1 amide bonds. The van der Waals surface area contributed by atoms with Crippen LogP contribution in [0.1, 0.15) is 19.5 Å². The van der Waals surface area contributed by atoms with E-state index in [-0.39, 0.29) is 27.3 Å². The molecule has 0 aliphatic carbocycles. The molecule has 0 unspecified atom stereocenters. The molecule has 0 radical (unpaired) electrons. The zero-order valence-electron chi connectivity index (χ0n) is 17.7. The van der Waals surface area contributed by atoms with Crippen LogP contribution in [0.5, 0.6) is 0 Å². The molecule has 10 heteroatoms. The van der Waals surface area contributed by atoms with Crippen LogP contribution in [0.15, 0.2) is 64.1 Å². The number of oxazole rings is 1. The van der Waals surface area contributed by atoms with Crippen molar-refractivity contribution >= 4 is 45.0 Å². The molecule has 170 valence electrons. The van der Waals surface area contributed by atoms with Crippen LogP contribution in [0.3, 0.4) is 0 Å². The average molecular weight is 494 g/mol. The molecule has 3 aromatic rings. The third-order valence-corrected chi connectivity index (χ3v) is 7.95. The highest BCUT2D eigenvalue weighted by Gasteiger charge is 2.22. The lowest BCUT2D eigenvalue weighted by Gasteiger charge is -2.19. The summed E-state index contributed by atoms with van der Waals surface area (Å²) in [7, 11) is -3.65. The number of rotatable bonds is 10. The fourth-order valence-electron chi connectivity index (χ4n) is 2.99. The Balaban J connectivity index is 1.59. The average Bonchev–Trinajstić information content (AvgIpc) is 3.25. The summed E-state index contributed by atoms with van der Waals surface area (Å²) in [5.74, 6) is 0.884. The molecular formula is C22H24ClN3O4S2. The Morgan fingerprint density at radius 1 is 1.16 bits per heavy atom. The summed E-state index contributed by atoms with van der Waals surface area (Å²) in [6.07, 6.45) is 1.58. The molecule has 7 nitrogen and oxygen atoms in total. The molecule has 0 aliphatic heterocycles. The van der Waals surface area contributed by atoms with Crippen molar-refractivity contribution in [2.45, 2.75) is 24.5 Å². The molecule has 0 saturated carbocycles. The first-order chi connectivity index (χ1) is 15.3. The van der Waals surface area contributed by atoms with Crippen molar-refractivity contribution < 1.29 is 17.6 Å². The van der Waals surface area contributed by atoms with Crippen LogP contribution < -0.4 is 5.32 Å². The second-order valence-corrected chi connectivity index (χ2v) is 10.1. The SMILES string of the molecule is CCN(CC)S(=O)(=O)c1ccc(Cl)c(NC(=O)CSCc2coc(-c3ccccc3)n2)c1. The minimum absolute atomic E-state index is 0.0876. The number of halogens is 1. The number of thioether (sulfide) groups is 1. The summed E-state index contributed by atoms with van der Waals surface area (Å²) < 4.78 is 32.3. The van der Waals surface area contributed by atoms with Gasteiger partial charge in [-0.25, -0.2) is 13.4 Å². The van der Waals surface area contributed by atoms with E-state index < -0.39 is 10.0 Å². The molecule has 0 aliphatic rings. The molecular weight excluding hydrogens is 470 g/mol. The number of carbonyl (C=O) groups excluding carboxylic acids is 1. The minimum atomic E-state index is -3.65. The van der Waals surface area contributed by atoms with Gasteiger partial charge in [0.2, 0.25) is 21.8 Å². The molecule has 0 bridgehead atoms. The van der Waals surface area contributed by atoms with Gasteiger partial charge in [-0.15, -0.1) is 11.8 Å². The number of nitrogens with one attached hydrogen (secondary N) is 1. The Bertz CT molecular complexity index is 1160. The lowest BCUT2D eigenvalue weighted by atomic mass is 10.2. The topological polar surface area (TPSA) is 92.5 Å². The number of amides is 1. The third-order valence-electron chi connectivity index (χ3n) is 4.61. The van der Waals surface area contributed by atoms with E-state index in [0.717, 1.165) is 11.3 Å². The van der Waals surface area contributed by atoms with Gasteiger partial charge in [0.05, 0.1) is 27.1 Å². The smallest absolute Gasteiger partial charge is 0.243 e. The molecule has 0 atom stereocenters. The number of carbonyl (C=O) groups is 1. The Kier molecular flexibility index (Phi) is 8.36. The molecule has 32 heavy (non-hydrogen) atoms. The number of sulfonamides is 1. The number of hydrogen-bond donors (Lipinski definition) is 1. The van der Waals surface area contributed by atoms with Gasteiger partial charge in [-0.2, -0.15) is 4.31 Å². The summed E-state index contributed by atoms with van der Waals surface area (Å²) in [5.41, 5.74) is 1.88. The Morgan fingerprint density at radius 2 is 1.88 bits per heavy atom. The molecule has 3 rings (SSSR count). The van der Waals surface area contributed by atoms with Crippen molar-refractivity contribution in [3.63, 3.8) is 0 Å². The molecule has 0 fully saturated rings. The van der Waals surface area contributed by atoms with Gasteiger partial charge in [-0.1, -0.05) is 43.6 Å². The predicted octanol–water partition coefficient (Wildman–Crippen LogP) is 4.90. The summed E-state index contributed by atoms with van der Waals surface area (Å²) in [4.78, 5) is 16.9. The number of benzene rings is 2. The lowest BCUT2D eigenvalue weighted by Crippen LogP contribution is -2.30. The van der Waals surface area contributed by atoms with Crippen LogP contribution in [-0.2, 0) is 20.6 Å². The second-order valence-electron chi connectivity index (χ2n) is 6.78. The Labute approximate surface area is 197 Å². The quantitative estimate of drug-likeness (QED) is 0.432. The first-order valence-corrected chi connectivity index (χ1v) is 13.0. The van der Waals surface area contributed by atoms with Crippen molar-refractivity contribution in [2.24, 2.45) is 0 Å². The predicted molar refractivity (Wildman–Crippen MR) is 128 cm³/mol. The Morgan fingerprint density at radius 3 is 2.56 bits per heavy atom. The first-order valence-electron chi connectivity index (χ1n) is 10.0. The fraction of sp³-hybridized carbons (Fsp3) is 0.273. The van der Waals surface area contributed by atoms with Crippen LogP contribution in [0.4, 0.5) is 5.69 Å². The molecule has 0 saturated heterocycles. The van der Waals surface area contributed by atoms with E-state index in [9.17, 15) is 13.2 Å². The van der Waals surface area contributed by atoms with Gasteiger partial charge in [0.1, 0.15) is 6.26 Å². The molecule has 0 spiro atoms. The monoisotopic (exact) mass is 493 g/mol. The fourth-order valence-corrected chi connectivity index (χ4v) is 5.35. The van der Waals surface area contributed by atoms with Crippen LogP contribution in [-0.4, -0.2) is 42.5 Å². The van der Waals surface area contributed by atoms with Gasteiger partial charge in [0, 0.05) is 24.4 Å². The maximum Gasteiger partial charge on any atom is 0.243 e. The molecule has 1 heterocycles. The van der Waals surface area contributed by atoms with Gasteiger partial charge in [0.15, 0.2) is 0 Å². The summed E-state index contributed by atoms with van der Waals surface area (Å²) in [5, 5.41) is 2.97. The van der Waals surface area contributed by atoms with E-state index in [1.807, 2.05) is 30.3 Å². The lowest BCUT2D eigenvalue weighted by molar-refractivity contribution is -0.113. The molecule has 2 aromatic carbocycles. The number of hydrogen-bond acceptors (Lipinski definition) is 6. The van der Waals surface area contributed by atoms with Crippen LogP contribution >= 0.6 is 23.4 Å². The number of aromatic nitrogens is 1. The minimum Gasteiger partial charge on any atom is -0.444 e. The normalized spacial score (nSPS) is 11.6.